The van der Waals surface area contributed by atoms with Crippen molar-refractivity contribution in [3.8, 4) is 5.88 Å². The van der Waals surface area contributed by atoms with Gasteiger partial charge in [-0.3, -0.25) is 0 Å². The Morgan fingerprint density at radius 2 is 1.97 bits per heavy atom. The van der Waals surface area contributed by atoms with Gasteiger partial charge in [-0.2, -0.15) is 10.1 Å². The van der Waals surface area contributed by atoms with Crippen molar-refractivity contribution in [2.75, 3.05) is 56.3 Å². The van der Waals surface area contributed by atoms with Crippen molar-refractivity contribution in [2.45, 2.75) is 13.5 Å². The number of nitrogens with zero attached hydrogens (tertiary/aromatic N) is 6. The number of anilines is 2. The average Bonchev–Trinajstić information content (AvgIpc) is 2.85. The van der Waals surface area contributed by atoms with Crippen LogP contribution in [0.5, 0.6) is 5.88 Å². The van der Waals surface area contributed by atoms with E-state index >= 15 is 0 Å². The number of rotatable bonds is 9. The summed E-state index contributed by atoms with van der Waals surface area (Å²) < 4.78 is 11.5. The van der Waals surface area contributed by atoms with Crippen molar-refractivity contribution >= 4 is 17.3 Å². The maximum atomic E-state index is 6.01. The van der Waals surface area contributed by atoms with Crippen LogP contribution in [0.15, 0.2) is 71.0 Å². The summed E-state index contributed by atoms with van der Waals surface area (Å²) in [5, 5.41) is 8.77. The van der Waals surface area contributed by atoms with Gasteiger partial charge in [0.15, 0.2) is 5.82 Å². The van der Waals surface area contributed by atoms with Crippen LogP contribution in [-0.2, 0) is 11.3 Å². The molecule has 0 N–H and O–H groups in total. The van der Waals surface area contributed by atoms with E-state index in [1.54, 1.807) is 6.20 Å². The fourth-order valence-corrected chi connectivity index (χ4v) is 3.59. The molecule has 4 rings (SSSR count). The first-order valence-corrected chi connectivity index (χ1v) is 11.2. The average molecular weight is 447 g/mol. The van der Waals surface area contributed by atoms with Gasteiger partial charge in [0.1, 0.15) is 12.4 Å². The molecule has 1 aliphatic rings. The third-order valence-corrected chi connectivity index (χ3v) is 5.38. The molecule has 172 valence electrons. The number of azo groups is 1. The van der Waals surface area contributed by atoms with Crippen molar-refractivity contribution in [3.05, 3.63) is 71.9 Å². The monoisotopic (exact) mass is 446 g/mol. The quantitative estimate of drug-likeness (QED) is 0.453. The van der Waals surface area contributed by atoms with Gasteiger partial charge < -0.3 is 19.3 Å². The number of likely N-dealkylation sites (N-methyl/N-ethyl adjacent to an activating group) is 1. The van der Waals surface area contributed by atoms with Gasteiger partial charge in [-0.1, -0.05) is 35.9 Å². The second kappa shape index (κ2) is 11.4. The van der Waals surface area contributed by atoms with Crippen LogP contribution in [0.25, 0.3) is 0 Å². The van der Waals surface area contributed by atoms with Crippen LogP contribution in [-0.4, -0.2) is 56.5 Å². The van der Waals surface area contributed by atoms with Gasteiger partial charge in [0, 0.05) is 44.2 Å². The second-order valence-electron chi connectivity index (χ2n) is 7.97. The highest BCUT2D eigenvalue weighted by Crippen LogP contribution is 2.26. The molecule has 0 spiro atoms. The highest BCUT2D eigenvalue weighted by atomic mass is 16.5. The lowest BCUT2D eigenvalue weighted by atomic mass is 10.1. The van der Waals surface area contributed by atoms with E-state index in [9.17, 15) is 0 Å². The van der Waals surface area contributed by atoms with E-state index in [-0.39, 0.29) is 0 Å². The molecule has 3 aromatic rings. The summed E-state index contributed by atoms with van der Waals surface area (Å²) in [6.07, 6.45) is 1.79. The van der Waals surface area contributed by atoms with Crippen LogP contribution < -0.4 is 14.5 Å². The van der Waals surface area contributed by atoms with Gasteiger partial charge in [-0.15, -0.1) is 5.11 Å². The summed E-state index contributed by atoms with van der Waals surface area (Å²) in [5.41, 5.74) is 3.35. The van der Waals surface area contributed by atoms with E-state index in [0.29, 0.717) is 44.6 Å². The van der Waals surface area contributed by atoms with Gasteiger partial charge in [-0.05, 0) is 24.6 Å². The van der Waals surface area contributed by atoms with Gasteiger partial charge in [0.25, 0.3) is 0 Å². The van der Waals surface area contributed by atoms with Crippen LogP contribution in [0.4, 0.5) is 17.3 Å². The standard InChI is InChI=1S/C25H30N6O2/c1-20-6-5-7-21(16-20)19-27-29-23-17-22(31-11-13-32-14-12-31)18-25(28-23)33-15-10-30(2)24-8-3-4-9-26-24/h3-9,16-18H,10-15,19H2,1-2H3. The molecule has 1 aromatic carbocycles. The molecule has 0 unspecified atom stereocenters. The Morgan fingerprint density at radius 3 is 2.76 bits per heavy atom. The highest BCUT2D eigenvalue weighted by molar-refractivity contribution is 5.55. The van der Waals surface area contributed by atoms with Crippen molar-refractivity contribution in [1.29, 1.82) is 0 Å². The number of aromatic nitrogens is 2. The number of ether oxygens (including phenoxy) is 2. The van der Waals surface area contributed by atoms with Gasteiger partial charge >= 0.3 is 0 Å². The fourth-order valence-electron chi connectivity index (χ4n) is 3.59. The minimum absolute atomic E-state index is 0.479. The Kier molecular flexibility index (Phi) is 7.81. The van der Waals surface area contributed by atoms with Gasteiger partial charge in [-0.25, -0.2) is 4.98 Å². The summed E-state index contributed by atoms with van der Waals surface area (Å²) in [4.78, 5) is 13.2. The number of pyridine rings is 2. The van der Waals surface area contributed by atoms with Crippen LogP contribution in [0.3, 0.4) is 0 Å². The third-order valence-electron chi connectivity index (χ3n) is 5.38. The molecule has 0 amide bonds. The van der Waals surface area contributed by atoms with E-state index in [1.165, 1.54) is 5.56 Å². The zero-order chi connectivity index (χ0) is 22.9. The lowest BCUT2D eigenvalue weighted by molar-refractivity contribution is 0.122. The fraction of sp³-hybridized carbons (Fsp3) is 0.360. The molecule has 0 bridgehead atoms. The first-order valence-electron chi connectivity index (χ1n) is 11.2. The van der Waals surface area contributed by atoms with E-state index in [2.05, 4.69) is 50.2 Å². The largest absolute Gasteiger partial charge is 0.476 e. The third kappa shape index (κ3) is 6.73. The molecule has 1 fully saturated rings. The van der Waals surface area contributed by atoms with E-state index in [1.807, 2.05) is 48.3 Å². The smallest absolute Gasteiger partial charge is 0.217 e. The van der Waals surface area contributed by atoms with Gasteiger partial charge in [0.05, 0.1) is 26.3 Å². The Bertz CT molecular complexity index is 1050. The highest BCUT2D eigenvalue weighted by Gasteiger charge is 2.14. The normalized spacial score (nSPS) is 13.9. The van der Waals surface area contributed by atoms with Crippen molar-refractivity contribution in [3.63, 3.8) is 0 Å². The Hall–Kier alpha value is -3.52. The maximum absolute atomic E-state index is 6.01. The SMILES string of the molecule is Cc1cccc(CN=Nc2cc(N3CCOCC3)cc(OCCN(C)c3ccccn3)n2)c1. The molecule has 0 radical (unpaired) electrons. The van der Waals surface area contributed by atoms with Crippen molar-refractivity contribution in [2.24, 2.45) is 10.2 Å². The first-order chi connectivity index (χ1) is 16.2. The summed E-state index contributed by atoms with van der Waals surface area (Å²) in [6.45, 7) is 6.81. The Labute approximate surface area is 194 Å². The van der Waals surface area contributed by atoms with E-state index in [0.717, 1.165) is 30.2 Å². The number of benzene rings is 1. The number of morpholine rings is 1. The summed E-state index contributed by atoms with van der Waals surface area (Å²) >= 11 is 0. The van der Waals surface area contributed by atoms with Crippen LogP contribution in [0, 0.1) is 6.92 Å². The molecular weight excluding hydrogens is 416 g/mol. The lowest BCUT2D eigenvalue weighted by Gasteiger charge is -2.29. The Morgan fingerprint density at radius 1 is 1.09 bits per heavy atom. The summed E-state index contributed by atoms with van der Waals surface area (Å²) in [6, 6.07) is 18.0. The predicted molar refractivity (Wildman–Crippen MR) is 130 cm³/mol. The molecule has 2 aromatic heterocycles. The topological polar surface area (TPSA) is 75.4 Å². The molecule has 33 heavy (non-hydrogen) atoms. The zero-order valence-electron chi connectivity index (χ0n) is 19.2. The van der Waals surface area contributed by atoms with E-state index < -0.39 is 0 Å². The minimum Gasteiger partial charge on any atom is -0.476 e. The number of hydrogen-bond donors (Lipinski definition) is 0. The molecule has 0 atom stereocenters. The molecule has 0 saturated carbocycles. The number of hydrogen-bond acceptors (Lipinski definition) is 8. The van der Waals surface area contributed by atoms with Crippen LogP contribution in [0.1, 0.15) is 11.1 Å². The molecular formula is C25H30N6O2. The van der Waals surface area contributed by atoms with Crippen LogP contribution >= 0.6 is 0 Å². The molecule has 8 nitrogen and oxygen atoms in total. The molecule has 0 aliphatic carbocycles. The molecule has 3 heterocycles. The van der Waals surface area contributed by atoms with E-state index in [4.69, 9.17) is 9.47 Å². The van der Waals surface area contributed by atoms with Crippen molar-refractivity contribution in [1.82, 2.24) is 9.97 Å². The Balaban J connectivity index is 1.44. The van der Waals surface area contributed by atoms with Crippen molar-refractivity contribution < 1.29 is 9.47 Å². The molecule has 8 heteroatoms. The van der Waals surface area contributed by atoms with Gasteiger partial charge in [0.2, 0.25) is 5.88 Å². The first kappa shape index (κ1) is 22.7. The summed E-state index contributed by atoms with van der Waals surface area (Å²) in [5.74, 6) is 1.99. The maximum Gasteiger partial charge on any atom is 0.217 e. The van der Waals surface area contributed by atoms with Crippen LogP contribution in [0.2, 0.25) is 0 Å². The molecule has 1 saturated heterocycles. The summed E-state index contributed by atoms with van der Waals surface area (Å²) in [7, 11) is 1.99. The lowest BCUT2D eigenvalue weighted by Crippen LogP contribution is -2.36. The zero-order valence-corrected chi connectivity index (χ0v) is 19.2. The minimum atomic E-state index is 0.479. The molecule has 1 aliphatic heterocycles. The number of aryl methyl sites for hydroxylation is 1. The predicted octanol–water partition coefficient (Wildman–Crippen LogP) is 4.42. The second-order valence-corrected chi connectivity index (χ2v) is 7.97.